The highest BCUT2D eigenvalue weighted by Crippen LogP contribution is 2.26. The third-order valence-electron chi connectivity index (χ3n) is 3.32. The van der Waals surface area contributed by atoms with Crippen molar-refractivity contribution in [2.75, 3.05) is 14.2 Å². The van der Waals surface area contributed by atoms with Crippen LogP contribution in [-0.4, -0.2) is 35.0 Å². The number of aromatic nitrogens is 3. The number of methoxy groups -OCH3 is 2. The fourth-order valence-corrected chi connectivity index (χ4v) is 3.03. The Morgan fingerprint density at radius 3 is 3.00 bits per heavy atom. The number of nitrogens with zero attached hydrogens (tertiary/aromatic N) is 3. The summed E-state index contributed by atoms with van der Waals surface area (Å²) in [6.07, 6.45) is 3.10. The minimum atomic E-state index is -0.495. The summed E-state index contributed by atoms with van der Waals surface area (Å²) < 4.78 is 17.0. The van der Waals surface area contributed by atoms with Crippen molar-refractivity contribution in [3.8, 4) is 11.4 Å². The van der Waals surface area contributed by atoms with Gasteiger partial charge < -0.3 is 13.9 Å². The van der Waals surface area contributed by atoms with Gasteiger partial charge in [-0.1, -0.05) is 17.8 Å². The molecule has 0 amide bonds. The Hall–Kier alpha value is -2.74. The SMILES string of the molecule is COC(=O)c1occc1CSc1nncn1-c1cccc(OC)c1. The van der Waals surface area contributed by atoms with Crippen molar-refractivity contribution in [2.24, 2.45) is 0 Å². The first-order valence-corrected chi connectivity index (χ1v) is 8.03. The quantitative estimate of drug-likeness (QED) is 0.502. The maximum absolute atomic E-state index is 11.6. The number of ether oxygens (including phenoxy) is 2. The van der Waals surface area contributed by atoms with Gasteiger partial charge in [0, 0.05) is 17.4 Å². The minimum absolute atomic E-state index is 0.206. The third kappa shape index (κ3) is 3.28. The molecule has 0 saturated heterocycles. The van der Waals surface area contributed by atoms with Crippen molar-refractivity contribution < 1.29 is 18.7 Å². The summed E-state index contributed by atoms with van der Waals surface area (Å²) in [5.74, 6) is 0.964. The van der Waals surface area contributed by atoms with Gasteiger partial charge in [-0.2, -0.15) is 0 Å². The number of hydrogen-bond donors (Lipinski definition) is 0. The third-order valence-corrected chi connectivity index (χ3v) is 4.31. The highest BCUT2D eigenvalue weighted by atomic mass is 32.2. The molecule has 0 aliphatic carbocycles. The summed E-state index contributed by atoms with van der Waals surface area (Å²) >= 11 is 1.44. The summed E-state index contributed by atoms with van der Waals surface area (Å²) in [5, 5.41) is 8.79. The Labute approximate surface area is 142 Å². The maximum Gasteiger partial charge on any atom is 0.374 e. The molecule has 2 aromatic heterocycles. The standard InChI is InChI=1S/C16H15N3O4S/c1-21-13-5-3-4-12(8-13)19-10-17-18-16(19)24-9-11-6-7-23-14(11)15(20)22-2/h3-8,10H,9H2,1-2H3. The molecular weight excluding hydrogens is 330 g/mol. The van der Waals surface area contributed by atoms with E-state index >= 15 is 0 Å². The lowest BCUT2D eigenvalue weighted by molar-refractivity contribution is 0.0564. The molecule has 3 aromatic rings. The van der Waals surface area contributed by atoms with Gasteiger partial charge in [0.05, 0.1) is 26.2 Å². The summed E-state index contributed by atoms with van der Waals surface area (Å²) in [6.45, 7) is 0. The number of furan rings is 1. The first kappa shape index (κ1) is 16.1. The number of thioether (sulfide) groups is 1. The molecule has 0 unspecified atom stereocenters. The second-order valence-corrected chi connectivity index (χ2v) is 5.68. The van der Waals surface area contributed by atoms with E-state index in [-0.39, 0.29) is 5.76 Å². The molecule has 7 nitrogen and oxygen atoms in total. The van der Waals surface area contributed by atoms with Crippen LogP contribution in [0.4, 0.5) is 0 Å². The normalized spacial score (nSPS) is 10.6. The average molecular weight is 345 g/mol. The predicted molar refractivity (Wildman–Crippen MR) is 87.5 cm³/mol. The van der Waals surface area contributed by atoms with Gasteiger partial charge in [0.2, 0.25) is 5.76 Å². The second kappa shape index (κ2) is 7.22. The number of hydrogen-bond acceptors (Lipinski definition) is 7. The van der Waals surface area contributed by atoms with Crippen molar-refractivity contribution in [1.82, 2.24) is 14.8 Å². The number of esters is 1. The summed E-state index contributed by atoms with van der Waals surface area (Å²) in [4.78, 5) is 11.6. The molecule has 0 saturated carbocycles. The molecule has 124 valence electrons. The monoisotopic (exact) mass is 345 g/mol. The number of rotatable bonds is 6. The van der Waals surface area contributed by atoms with Gasteiger partial charge >= 0.3 is 5.97 Å². The van der Waals surface area contributed by atoms with Gasteiger partial charge in [-0.3, -0.25) is 4.57 Å². The zero-order valence-corrected chi connectivity index (χ0v) is 13.9. The summed E-state index contributed by atoms with van der Waals surface area (Å²) in [5.41, 5.74) is 1.63. The average Bonchev–Trinajstić information content (AvgIpc) is 3.28. The fourth-order valence-electron chi connectivity index (χ4n) is 2.12. The van der Waals surface area contributed by atoms with Crippen molar-refractivity contribution in [1.29, 1.82) is 0 Å². The van der Waals surface area contributed by atoms with E-state index in [2.05, 4.69) is 10.2 Å². The highest BCUT2D eigenvalue weighted by Gasteiger charge is 2.17. The van der Waals surface area contributed by atoms with Gasteiger partial charge in [-0.25, -0.2) is 4.79 Å². The van der Waals surface area contributed by atoms with Crippen LogP contribution in [0.3, 0.4) is 0 Å². The molecule has 0 radical (unpaired) electrons. The molecule has 2 heterocycles. The van der Waals surface area contributed by atoms with Gasteiger partial charge in [0.25, 0.3) is 0 Å². The Bertz CT molecular complexity index is 843. The van der Waals surface area contributed by atoms with E-state index in [1.165, 1.54) is 25.1 Å². The summed E-state index contributed by atoms with van der Waals surface area (Å²) in [7, 11) is 2.94. The zero-order chi connectivity index (χ0) is 16.9. The summed E-state index contributed by atoms with van der Waals surface area (Å²) in [6, 6.07) is 9.34. The van der Waals surface area contributed by atoms with Crippen molar-refractivity contribution in [3.63, 3.8) is 0 Å². The number of carbonyl (C=O) groups is 1. The molecule has 0 aliphatic rings. The van der Waals surface area contributed by atoms with Crippen LogP contribution in [0, 0.1) is 0 Å². The van der Waals surface area contributed by atoms with Crippen molar-refractivity contribution in [2.45, 2.75) is 10.9 Å². The van der Waals surface area contributed by atoms with E-state index in [1.54, 1.807) is 19.5 Å². The molecule has 1 aromatic carbocycles. The number of benzene rings is 1. The van der Waals surface area contributed by atoms with E-state index in [1.807, 2.05) is 28.8 Å². The Balaban J connectivity index is 1.79. The second-order valence-electron chi connectivity index (χ2n) is 4.74. The lowest BCUT2D eigenvalue weighted by Gasteiger charge is -2.07. The van der Waals surface area contributed by atoms with Crippen LogP contribution < -0.4 is 4.74 Å². The molecule has 0 fully saturated rings. The van der Waals surface area contributed by atoms with Crippen LogP contribution in [0.25, 0.3) is 5.69 Å². The smallest absolute Gasteiger partial charge is 0.374 e. The number of carbonyl (C=O) groups excluding carboxylic acids is 1. The Morgan fingerprint density at radius 2 is 2.21 bits per heavy atom. The van der Waals surface area contributed by atoms with Gasteiger partial charge in [0.15, 0.2) is 5.16 Å². The molecule has 0 bridgehead atoms. The van der Waals surface area contributed by atoms with E-state index < -0.39 is 5.97 Å². The fraction of sp³-hybridized carbons (Fsp3) is 0.188. The van der Waals surface area contributed by atoms with Crippen molar-refractivity contribution in [3.05, 3.63) is 54.2 Å². The van der Waals surface area contributed by atoms with Crippen LogP contribution >= 0.6 is 11.8 Å². The largest absolute Gasteiger partial charge is 0.497 e. The van der Waals surface area contributed by atoms with E-state index in [0.29, 0.717) is 10.9 Å². The molecule has 0 N–H and O–H groups in total. The molecule has 3 rings (SSSR count). The first-order chi connectivity index (χ1) is 11.7. The molecule has 24 heavy (non-hydrogen) atoms. The molecule has 0 spiro atoms. The van der Waals surface area contributed by atoms with Crippen LogP contribution in [0.2, 0.25) is 0 Å². The topological polar surface area (TPSA) is 79.4 Å². The molecule has 8 heteroatoms. The van der Waals surface area contributed by atoms with E-state index in [0.717, 1.165) is 17.0 Å². The lowest BCUT2D eigenvalue weighted by Crippen LogP contribution is -2.02. The Morgan fingerprint density at radius 1 is 1.33 bits per heavy atom. The first-order valence-electron chi connectivity index (χ1n) is 7.05. The Kier molecular flexibility index (Phi) is 4.85. The van der Waals surface area contributed by atoms with Gasteiger partial charge in [0.1, 0.15) is 12.1 Å². The highest BCUT2D eigenvalue weighted by molar-refractivity contribution is 7.98. The molecular formula is C16H15N3O4S. The van der Waals surface area contributed by atoms with E-state index in [4.69, 9.17) is 13.9 Å². The predicted octanol–water partition coefficient (Wildman–Crippen LogP) is 2.95. The van der Waals surface area contributed by atoms with Crippen LogP contribution in [-0.2, 0) is 10.5 Å². The van der Waals surface area contributed by atoms with Crippen LogP contribution in [0.5, 0.6) is 5.75 Å². The zero-order valence-electron chi connectivity index (χ0n) is 13.1. The molecule has 0 atom stereocenters. The van der Waals surface area contributed by atoms with Crippen LogP contribution in [0.15, 0.2) is 52.5 Å². The van der Waals surface area contributed by atoms with Gasteiger partial charge in [-0.05, 0) is 18.2 Å². The lowest BCUT2D eigenvalue weighted by atomic mass is 10.3. The van der Waals surface area contributed by atoms with Crippen LogP contribution in [0.1, 0.15) is 16.1 Å². The van der Waals surface area contributed by atoms with Gasteiger partial charge in [-0.15, -0.1) is 10.2 Å². The minimum Gasteiger partial charge on any atom is -0.497 e. The van der Waals surface area contributed by atoms with Crippen molar-refractivity contribution >= 4 is 17.7 Å². The van der Waals surface area contributed by atoms with E-state index in [9.17, 15) is 4.79 Å². The molecule has 0 aliphatic heterocycles. The maximum atomic E-state index is 11.6.